The molecule has 120 valence electrons. The van der Waals surface area contributed by atoms with Gasteiger partial charge in [0.25, 0.3) is 0 Å². The number of fused-ring (bicyclic) bond motifs is 2. The van der Waals surface area contributed by atoms with Gasteiger partial charge < -0.3 is 14.6 Å². The average Bonchev–Trinajstić information content (AvgIpc) is 3.04. The largest absolute Gasteiger partial charge is 0.454 e. The number of piperazine rings is 1. The molecular weight excluding hydrogens is 304 g/mol. The molecule has 3 atom stereocenters. The second-order valence-corrected chi connectivity index (χ2v) is 6.98. The zero-order chi connectivity index (χ0) is 15.3. The quantitative estimate of drug-likeness (QED) is 0.897. The van der Waals surface area contributed by atoms with Crippen LogP contribution in [0.1, 0.15) is 18.9 Å². The predicted octanol–water partition coefficient (Wildman–Crippen LogP) is 1.71. The third-order valence-electron chi connectivity index (χ3n) is 4.99. The highest BCUT2D eigenvalue weighted by molar-refractivity contribution is 6.31. The van der Waals surface area contributed by atoms with E-state index in [-0.39, 0.29) is 12.9 Å². The van der Waals surface area contributed by atoms with Crippen molar-refractivity contribution in [2.75, 3.05) is 26.4 Å². The highest BCUT2D eigenvalue weighted by Gasteiger charge is 2.38. The van der Waals surface area contributed by atoms with Crippen LogP contribution in [0.4, 0.5) is 0 Å². The number of aliphatic hydroxyl groups is 1. The van der Waals surface area contributed by atoms with Gasteiger partial charge in [-0.2, -0.15) is 0 Å². The molecule has 2 fully saturated rings. The summed E-state index contributed by atoms with van der Waals surface area (Å²) in [5, 5.41) is 10.6. The maximum Gasteiger partial charge on any atom is 0.231 e. The van der Waals surface area contributed by atoms with Gasteiger partial charge in [0, 0.05) is 49.4 Å². The molecule has 6 heteroatoms. The van der Waals surface area contributed by atoms with Crippen molar-refractivity contribution in [2.45, 2.75) is 38.1 Å². The molecule has 1 aromatic carbocycles. The molecule has 22 heavy (non-hydrogen) atoms. The first-order valence-electron chi connectivity index (χ1n) is 7.84. The predicted molar refractivity (Wildman–Crippen MR) is 83.4 cm³/mol. The maximum absolute atomic E-state index is 9.86. The minimum atomic E-state index is -0.175. The highest BCUT2D eigenvalue weighted by atomic mass is 35.5. The lowest BCUT2D eigenvalue weighted by atomic mass is 10.1. The van der Waals surface area contributed by atoms with Gasteiger partial charge >= 0.3 is 0 Å². The summed E-state index contributed by atoms with van der Waals surface area (Å²) in [7, 11) is 0. The van der Waals surface area contributed by atoms with E-state index < -0.39 is 0 Å². The molecule has 3 aliphatic heterocycles. The van der Waals surface area contributed by atoms with Crippen molar-refractivity contribution in [3.05, 3.63) is 22.7 Å². The number of aliphatic hydroxyl groups excluding tert-OH is 1. The molecule has 4 rings (SSSR count). The van der Waals surface area contributed by atoms with E-state index >= 15 is 0 Å². The minimum absolute atomic E-state index is 0.175. The molecule has 0 aliphatic carbocycles. The topological polar surface area (TPSA) is 45.2 Å². The van der Waals surface area contributed by atoms with Crippen molar-refractivity contribution in [1.82, 2.24) is 9.80 Å². The van der Waals surface area contributed by atoms with Crippen LogP contribution in [0.25, 0.3) is 0 Å². The monoisotopic (exact) mass is 324 g/mol. The number of hydrogen-bond donors (Lipinski definition) is 1. The Balaban J connectivity index is 1.51. The van der Waals surface area contributed by atoms with Crippen LogP contribution in [0.3, 0.4) is 0 Å². The molecule has 1 unspecified atom stereocenters. The summed E-state index contributed by atoms with van der Waals surface area (Å²) in [6.07, 6.45) is 0.698. The first-order chi connectivity index (χ1) is 10.6. The molecule has 2 saturated heterocycles. The van der Waals surface area contributed by atoms with E-state index in [2.05, 4.69) is 16.7 Å². The third kappa shape index (κ3) is 2.56. The van der Waals surface area contributed by atoms with Crippen LogP contribution in [-0.2, 0) is 6.54 Å². The fourth-order valence-corrected chi connectivity index (χ4v) is 4.01. The Bertz CT molecular complexity index is 583. The number of ether oxygens (including phenoxy) is 2. The zero-order valence-electron chi connectivity index (χ0n) is 12.7. The summed E-state index contributed by atoms with van der Waals surface area (Å²) in [4.78, 5) is 4.86. The van der Waals surface area contributed by atoms with Gasteiger partial charge in [-0.3, -0.25) is 9.80 Å². The normalized spacial score (nSPS) is 31.5. The maximum atomic E-state index is 9.86. The molecule has 1 aromatic rings. The van der Waals surface area contributed by atoms with Crippen molar-refractivity contribution in [3.8, 4) is 11.5 Å². The lowest BCUT2D eigenvalue weighted by Gasteiger charge is -2.42. The van der Waals surface area contributed by atoms with Crippen LogP contribution in [0.15, 0.2) is 12.1 Å². The van der Waals surface area contributed by atoms with Gasteiger partial charge in [0.2, 0.25) is 6.79 Å². The van der Waals surface area contributed by atoms with E-state index in [1.807, 2.05) is 12.1 Å². The first kappa shape index (κ1) is 14.6. The summed E-state index contributed by atoms with van der Waals surface area (Å²) in [5.74, 6) is 1.51. The zero-order valence-corrected chi connectivity index (χ0v) is 13.4. The molecule has 3 aliphatic rings. The third-order valence-corrected chi connectivity index (χ3v) is 5.34. The number of hydrogen-bond acceptors (Lipinski definition) is 5. The van der Waals surface area contributed by atoms with Gasteiger partial charge in [-0.05, 0) is 25.0 Å². The number of halogens is 1. The average molecular weight is 325 g/mol. The number of nitrogens with zero attached hydrogens (tertiary/aromatic N) is 2. The van der Waals surface area contributed by atoms with Gasteiger partial charge in [0.15, 0.2) is 11.5 Å². The van der Waals surface area contributed by atoms with Gasteiger partial charge in [0.1, 0.15) is 0 Å². The first-order valence-corrected chi connectivity index (χ1v) is 8.22. The van der Waals surface area contributed by atoms with E-state index in [1.165, 1.54) is 0 Å². The molecule has 5 nitrogen and oxygen atoms in total. The SMILES string of the molecule is C[C@@H]1CN2C[C@H](O)CC2CN1Cc1cc2c(cc1Cl)OCO2. The lowest BCUT2D eigenvalue weighted by Crippen LogP contribution is -2.54. The molecule has 3 heterocycles. The van der Waals surface area contributed by atoms with E-state index in [0.29, 0.717) is 12.1 Å². The van der Waals surface area contributed by atoms with E-state index in [0.717, 1.165) is 54.7 Å². The smallest absolute Gasteiger partial charge is 0.231 e. The fourth-order valence-electron chi connectivity index (χ4n) is 3.80. The van der Waals surface area contributed by atoms with Crippen molar-refractivity contribution in [3.63, 3.8) is 0 Å². The van der Waals surface area contributed by atoms with Crippen LogP contribution in [-0.4, -0.2) is 59.5 Å². The molecule has 0 radical (unpaired) electrons. The van der Waals surface area contributed by atoms with Crippen LogP contribution in [0.2, 0.25) is 5.02 Å². The van der Waals surface area contributed by atoms with Crippen molar-refractivity contribution >= 4 is 11.6 Å². The van der Waals surface area contributed by atoms with Gasteiger partial charge in [0.05, 0.1) is 6.10 Å². The lowest BCUT2D eigenvalue weighted by molar-refractivity contribution is 0.0528. The van der Waals surface area contributed by atoms with Crippen molar-refractivity contribution in [1.29, 1.82) is 0 Å². The molecule has 0 aromatic heterocycles. The van der Waals surface area contributed by atoms with Crippen LogP contribution >= 0.6 is 11.6 Å². The van der Waals surface area contributed by atoms with Crippen LogP contribution in [0, 0.1) is 0 Å². The van der Waals surface area contributed by atoms with E-state index in [4.69, 9.17) is 21.1 Å². The van der Waals surface area contributed by atoms with E-state index in [1.54, 1.807) is 0 Å². The van der Waals surface area contributed by atoms with E-state index in [9.17, 15) is 5.11 Å². The van der Waals surface area contributed by atoms with Crippen molar-refractivity contribution < 1.29 is 14.6 Å². The fraction of sp³-hybridized carbons (Fsp3) is 0.625. The number of benzene rings is 1. The Morgan fingerprint density at radius 2 is 2.00 bits per heavy atom. The molecule has 0 amide bonds. The second kappa shape index (κ2) is 5.57. The molecular formula is C16H21ClN2O3. The second-order valence-electron chi connectivity index (χ2n) is 6.57. The summed E-state index contributed by atoms with van der Waals surface area (Å²) in [6, 6.07) is 4.74. The molecule has 0 saturated carbocycles. The standard InChI is InChI=1S/C16H21ClN2O3/c1-10-5-19-8-13(20)3-12(19)7-18(10)6-11-2-15-16(4-14(11)17)22-9-21-15/h2,4,10,12-13,20H,3,5-9H2,1H3/t10-,12?,13-/m1/s1. The highest BCUT2D eigenvalue weighted by Crippen LogP contribution is 2.37. The summed E-state index contributed by atoms with van der Waals surface area (Å²) in [5.41, 5.74) is 1.07. The Morgan fingerprint density at radius 3 is 2.82 bits per heavy atom. The van der Waals surface area contributed by atoms with Gasteiger partial charge in [-0.25, -0.2) is 0 Å². The van der Waals surface area contributed by atoms with Gasteiger partial charge in [-0.1, -0.05) is 11.6 Å². The van der Waals surface area contributed by atoms with Crippen LogP contribution in [0.5, 0.6) is 11.5 Å². The molecule has 0 bridgehead atoms. The van der Waals surface area contributed by atoms with Crippen LogP contribution < -0.4 is 9.47 Å². The van der Waals surface area contributed by atoms with Crippen molar-refractivity contribution in [2.24, 2.45) is 0 Å². The Morgan fingerprint density at radius 1 is 1.23 bits per heavy atom. The summed E-state index contributed by atoms with van der Waals surface area (Å²) >= 11 is 6.40. The molecule has 0 spiro atoms. The minimum Gasteiger partial charge on any atom is -0.454 e. The Hall–Kier alpha value is -1.01. The Kier molecular flexibility index (Phi) is 3.69. The summed E-state index contributed by atoms with van der Waals surface area (Å²) in [6.45, 7) is 6.10. The number of rotatable bonds is 2. The molecule has 1 N–H and O–H groups in total. The van der Waals surface area contributed by atoms with Gasteiger partial charge in [-0.15, -0.1) is 0 Å². The Labute approximate surface area is 135 Å². The summed E-state index contributed by atoms with van der Waals surface area (Å²) < 4.78 is 10.8.